The second kappa shape index (κ2) is 7.69. The number of carbonyl (C=O) groups excluding carboxylic acids is 1. The quantitative estimate of drug-likeness (QED) is 0.587. The second-order valence-corrected chi connectivity index (χ2v) is 5.02. The summed E-state index contributed by atoms with van der Waals surface area (Å²) < 4.78 is 9.74. The molecule has 0 unspecified atom stereocenters. The summed E-state index contributed by atoms with van der Waals surface area (Å²) in [5.74, 6) is -0.225. The van der Waals surface area contributed by atoms with Crippen LogP contribution in [0.15, 0.2) is 0 Å². The number of ether oxygens (including phenoxy) is 2. The summed E-state index contributed by atoms with van der Waals surface area (Å²) in [5.41, 5.74) is -0.286. The van der Waals surface area contributed by atoms with E-state index in [2.05, 4.69) is 0 Å². The molecule has 0 bridgehead atoms. The highest BCUT2D eigenvalue weighted by Crippen LogP contribution is 2.05. The minimum absolute atomic E-state index is 0. The molecule has 0 spiro atoms. The van der Waals surface area contributed by atoms with Crippen LogP contribution in [0, 0.1) is 0 Å². The lowest BCUT2D eigenvalue weighted by Gasteiger charge is -2.17. The van der Waals surface area contributed by atoms with Crippen LogP contribution in [0.25, 0.3) is 0 Å². The van der Waals surface area contributed by atoms with Crippen LogP contribution in [0.5, 0.6) is 0 Å². The van der Waals surface area contributed by atoms with E-state index in [4.69, 9.17) is 9.47 Å². The zero-order valence-corrected chi connectivity index (χ0v) is 10.7. The highest BCUT2D eigenvalue weighted by atomic mass is 16.6. The lowest BCUT2D eigenvalue weighted by atomic mass is 10.2. The van der Waals surface area contributed by atoms with Gasteiger partial charge in [0.1, 0.15) is 5.60 Å². The first-order valence-electron chi connectivity index (χ1n) is 4.72. The van der Waals surface area contributed by atoms with E-state index in [-0.39, 0.29) is 24.6 Å². The number of esters is 1. The van der Waals surface area contributed by atoms with E-state index >= 15 is 0 Å². The maximum absolute atomic E-state index is 10.2. The Labute approximate surface area is 95.2 Å². The smallest absolute Gasteiger partial charge is 0.303 e. The van der Waals surface area contributed by atoms with Crippen LogP contribution >= 0.6 is 0 Å². The first-order valence-corrected chi connectivity index (χ1v) is 4.72. The molecule has 0 aromatic carbocycles. The van der Waals surface area contributed by atoms with Gasteiger partial charge in [-0.05, 0) is 41.5 Å². The minimum Gasteiger partial charge on any atom is -0.460 e. The van der Waals surface area contributed by atoms with Crippen LogP contribution < -0.4 is 0 Å². The summed E-state index contributed by atoms with van der Waals surface area (Å²) >= 11 is 0. The number of hydrogen-bond donors (Lipinski definition) is 0. The molecular formula is C12H28O3. The average molecular weight is 220 g/mol. The van der Waals surface area contributed by atoms with Gasteiger partial charge in [-0.3, -0.25) is 4.79 Å². The minimum atomic E-state index is -0.328. The van der Waals surface area contributed by atoms with Crippen LogP contribution in [0.3, 0.4) is 0 Å². The predicted molar refractivity (Wildman–Crippen MR) is 65.0 cm³/mol. The molecule has 0 aliphatic carbocycles. The van der Waals surface area contributed by atoms with Crippen molar-refractivity contribution in [2.24, 2.45) is 0 Å². The number of hydrogen-bond acceptors (Lipinski definition) is 3. The first kappa shape index (κ1) is 19.9. The van der Waals surface area contributed by atoms with Gasteiger partial charge in [-0.15, -0.1) is 0 Å². The van der Waals surface area contributed by atoms with Gasteiger partial charge in [0.05, 0.1) is 5.60 Å². The fraction of sp³-hybridized carbons (Fsp3) is 0.917. The van der Waals surface area contributed by atoms with Gasteiger partial charge in [0, 0.05) is 14.0 Å². The fourth-order valence-electron chi connectivity index (χ4n) is 0.431. The van der Waals surface area contributed by atoms with Crippen molar-refractivity contribution < 1.29 is 14.3 Å². The average Bonchev–Trinajstić information content (AvgIpc) is 1.81. The van der Waals surface area contributed by atoms with Crippen LogP contribution in [0.4, 0.5) is 0 Å². The van der Waals surface area contributed by atoms with Gasteiger partial charge in [-0.25, -0.2) is 0 Å². The van der Waals surface area contributed by atoms with Gasteiger partial charge >= 0.3 is 5.97 Å². The molecular weight excluding hydrogens is 192 g/mol. The second-order valence-electron chi connectivity index (χ2n) is 5.02. The van der Waals surface area contributed by atoms with Gasteiger partial charge in [-0.1, -0.05) is 7.43 Å². The summed E-state index contributed by atoms with van der Waals surface area (Å²) in [5, 5.41) is 0. The fourth-order valence-corrected chi connectivity index (χ4v) is 0.431. The topological polar surface area (TPSA) is 35.5 Å². The Kier molecular flexibility index (Phi) is 10.2. The highest BCUT2D eigenvalue weighted by molar-refractivity contribution is 5.66. The van der Waals surface area contributed by atoms with Crippen LogP contribution in [0.2, 0.25) is 0 Å². The molecule has 0 amide bonds. The Morgan fingerprint density at radius 1 is 0.933 bits per heavy atom. The van der Waals surface area contributed by atoms with E-state index in [0.29, 0.717) is 0 Å². The molecule has 0 fully saturated rings. The third-order valence-electron chi connectivity index (χ3n) is 1.06. The standard InChI is InChI=1S/C6H12O2.C5H12O.CH4/c1-5(7)8-6(2,3)4;1-5(2,3)6-4;/h1-4H3;1-4H3;1H4. The number of carbonyl (C=O) groups is 1. The molecule has 0 heterocycles. The molecule has 0 aromatic rings. The van der Waals surface area contributed by atoms with E-state index < -0.39 is 0 Å². The van der Waals surface area contributed by atoms with Gasteiger partial charge in [0.25, 0.3) is 0 Å². The molecule has 0 atom stereocenters. The van der Waals surface area contributed by atoms with Crippen molar-refractivity contribution in [2.75, 3.05) is 7.11 Å². The molecule has 15 heavy (non-hydrogen) atoms. The summed E-state index contributed by atoms with van der Waals surface area (Å²) in [6.07, 6.45) is 0. The van der Waals surface area contributed by atoms with Crippen LogP contribution in [0.1, 0.15) is 55.9 Å². The maximum atomic E-state index is 10.2. The number of rotatable bonds is 0. The Morgan fingerprint density at radius 2 is 1.20 bits per heavy atom. The predicted octanol–water partition coefficient (Wildman–Crippen LogP) is 3.42. The van der Waals surface area contributed by atoms with E-state index in [1.165, 1.54) is 6.92 Å². The maximum Gasteiger partial charge on any atom is 0.303 e. The van der Waals surface area contributed by atoms with Crippen molar-refractivity contribution in [1.29, 1.82) is 0 Å². The molecule has 0 N–H and O–H groups in total. The van der Waals surface area contributed by atoms with Gasteiger partial charge in [0.15, 0.2) is 0 Å². The van der Waals surface area contributed by atoms with Crippen molar-refractivity contribution >= 4 is 5.97 Å². The molecule has 94 valence electrons. The Morgan fingerprint density at radius 3 is 1.20 bits per heavy atom. The zero-order valence-electron chi connectivity index (χ0n) is 10.7. The molecule has 0 aliphatic rings. The van der Waals surface area contributed by atoms with Crippen molar-refractivity contribution in [3.8, 4) is 0 Å². The van der Waals surface area contributed by atoms with Crippen LogP contribution in [-0.2, 0) is 14.3 Å². The largest absolute Gasteiger partial charge is 0.460 e. The lowest BCUT2D eigenvalue weighted by molar-refractivity contribution is -0.151. The highest BCUT2D eigenvalue weighted by Gasteiger charge is 2.11. The Hall–Kier alpha value is -0.570. The van der Waals surface area contributed by atoms with E-state index in [1.54, 1.807) is 7.11 Å². The van der Waals surface area contributed by atoms with E-state index in [0.717, 1.165) is 0 Å². The SMILES string of the molecule is C.CC(=O)OC(C)(C)C.COC(C)(C)C. The summed E-state index contributed by atoms with van der Waals surface area (Å²) in [6, 6.07) is 0. The summed E-state index contributed by atoms with van der Waals surface area (Å²) in [6.45, 7) is 13.0. The molecule has 0 aromatic heterocycles. The monoisotopic (exact) mass is 220 g/mol. The molecule has 0 radical (unpaired) electrons. The lowest BCUT2D eigenvalue weighted by Crippen LogP contribution is -2.21. The molecule has 3 heteroatoms. The Balaban J connectivity index is -0.000000187. The van der Waals surface area contributed by atoms with Crippen molar-refractivity contribution in [3.05, 3.63) is 0 Å². The Bertz CT molecular complexity index is 161. The summed E-state index contributed by atoms with van der Waals surface area (Å²) in [4.78, 5) is 10.2. The van der Waals surface area contributed by atoms with Crippen molar-refractivity contribution in [1.82, 2.24) is 0 Å². The molecule has 0 saturated carbocycles. The van der Waals surface area contributed by atoms with Crippen LogP contribution in [-0.4, -0.2) is 24.3 Å². The summed E-state index contributed by atoms with van der Waals surface area (Å²) in [7, 11) is 1.71. The molecule has 0 rings (SSSR count). The molecule has 0 aliphatic heterocycles. The van der Waals surface area contributed by atoms with Gasteiger partial charge in [0.2, 0.25) is 0 Å². The zero-order chi connectivity index (χ0) is 12.0. The third kappa shape index (κ3) is 31.8. The van der Waals surface area contributed by atoms with E-state index in [1.807, 2.05) is 41.5 Å². The first-order chi connectivity index (χ1) is 5.98. The van der Waals surface area contributed by atoms with Crippen molar-refractivity contribution in [3.63, 3.8) is 0 Å². The molecule has 0 saturated heterocycles. The van der Waals surface area contributed by atoms with E-state index in [9.17, 15) is 4.79 Å². The normalized spacial score (nSPS) is 10.7. The number of methoxy groups -OCH3 is 1. The van der Waals surface area contributed by atoms with Gasteiger partial charge < -0.3 is 9.47 Å². The molecule has 3 nitrogen and oxygen atoms in total. The third-order valence-corrected chi connectivity index (χ3v) is 1.06. The van der Waals surface area contributed by atoms with Gasteiger partial charge in [-0.2, -0.15) is 0 Å². The van der Waals surface area contributed by atoms with Crippen molar-refractivity contribution in [2.45, 2.75) is 67.1 Å².